The van der Waals surface area contributed by atoms with E-state index in [0.29, 0.717) is 5.69 Å². The van der Waals surface area contributed by atoms with E-state index >= 15 is 0 Å². The molecule has 0 aliphatic heterocycles. The smallest absolute Gasteiger partial charge is 0.313 e. The minimum Gasteiger partial charge on any atom is -0.345 e. The van der Waals surface area contributed by atoms with E-state index in [1.54, 1.807) is 0 Å². The maximum Gasteiger partial charge on any atom is 0.313 e. The van der Waals surface area contributed by atoms with Gasteiger partial charge in [-0.3, -0.25) is 9.59 Å². The zero-order valence-electron chi connectivity index (χ0n) is 11.3. The van der Waals surface area contributed by atoms with Crippen molar-refractivity contribution < 1.29 is 9.59 Å². The Morgan fingerprint density at radius 3 is 2.17 bits per heavy atom. The standard InChI is InChI=1S/C14H20N2O2/c1-5-11(4)15-13(17)14(18)16-12-7-9(2)6-10(3)8-12/h6-8,11H,5H2,1-4H3,(H,15,17)(H,16,18). The third-order valence-corrected chi connectivity index (χ3v) is 2.68. The van der Waals surface area contributed by atoms with Gasteiger partial charge in [0.15, 0.2) is 0 Å². The third kappa shape index (κ3) is 4.20. The topological polar surface area (TPSA) is 58.2 Å². The minimum absolute atomic E-state index is 0.00231. The number of benzene rings is 1. The van der Waals surface area contributed by atoms with Crippen molar-refractivity contribution >= 4 is 17.5 Å². The molecule has 4 nitrogen and oxygen atoms in total. The predicted octanol–water partition coefficient (Wildman–Crippen LogP) is 2.16. The van der Waals surface area contributed by atoms with Crippen molar-refractivity contribution in [3.05, 3.63) is 29.3 Å². The maximum absolute atomic E-state index is 11.7. The molecule has 0 fully saturated rings. The monoisotopic (exact) mass is 248 g/mol. The first-order valence-electron chi connectivity index (χ1n) is 6.12. The molecule has 0 saturated carbocycles. The lowest BCUT2D eigenvalue weighted by Gasteiger charge is -2.11. The number of carbonyl (C=O) groups excluding carboxylic acids is 2. The average Bonchev–Trinajstić information content (AvgIpc) is 2.27. The van der Waals surface area contributed by atoms with Crippen molar-refractivity contribution in [2.45, 2.75) is 40.2 Å². The molecule has 1 atom stereocenters. The van der Waals surface area contributed by atoms with Crippen LogP contribution in [0.3, 0.4) is 0 Å². The fourth-order valence-corrected chi connectivity index (χ4v) is 1.63. The van der Waals surface area contributed by atoms with Gasteiger partial charge in [0.2, 0.25) is 0 Å². The molecule has 2 amide bonds. The molecule has 1 aromatic carbocycles. The summed E-state index contributed by atoms with van der Waals surface area (Å²) in [6, 6.07) is 5.68. The molecule has 0 spiro atoms. The van der Waals surface area contributed by atoms with Gasteiger partial charge in [0, 0.05) is 11.7 Å². The Kier molecular flexibility index (Phi) is 4.89. The van der Waals surface area contributed by atoms with Crippen molar-refractivity contribution in [3.63, 3.8) is 0 Å². The van der Waals surface area contributed by atoms with Gasteiger partial charge in [-0.1, -0.05) is 13.0 Å². The Labute approximate surface area is 108 Å². The van der Waals surface area contributed by atoms with Crippen molar-refractivity contribution in [2.75, 3.05) is 5.32 Å². The Bertz CT molecular complexity index is 435. The molecule has 1 rings (SSSR count). The molecule has 0 bridgehead atoms. The number of rotatable bonds is 3. The molecular weight excluding hydrogens is 228 g/mol. The zero-order chi connectivity index (χ0) is 13.7. The SMILES string of the molecule is CCC(C)NC(=O)C(=O)Nc1cc(C)cc(C)c1. The van der Waals surface area contributed by atoms with Crippen LogP contribution in [0.5, 0.6) is 0 Å². The van der Waals surface area contributed by atoms with Crippen LogP contribution < -0.4 is 10.6 Å². The van der Waals surface area contributed by atoms with Gasteiger partial charge >= 0.3 is 11.8 Å². The van der Waals surface area contributed by atoms with Gasteiger partial charge in [-0.25, -0.2) is 0 Å². The number of aryl methyl sites for hydroxylation is 2. The first kappa shape index (κ1) is 14.2. The molecule has 2 N–H and O–H groups in total. The highest BCUT2D eigenvalue weighted by atomic mass is 16.2. The molecular formula is C14H20N2O2. The highest BCUT2D eigenvalue weighted by molar-refractivity contribution is 6.39. The van der Waals surface area contributed by atoms with Gasteiger partial charge in [-0.15, -0.1) is 0 Å². The van der Waals surface area contributed by atoms with E-state index in [1.807, 2.05) is 45.9 Å². The molecule has 0 aromatic heterocycles. The van der Waals surface area contributed by atoms with E-state index in [4.69, 9.17) is 0 Å². The van der Waals surface area contributed by atoms with Crippen molar-refractivity contribution in [1.82, 2.24) is 5.32 Å². The molecule has 0 heterocycles. The predicted molar refractivity (Wildman–Crippen MR) is 72.4 cm³/mol. The Balaban J connectivity index is 2.66. The summed E-state index contributed by atoms with van der Waals surface area (Å²) in [5.41, 5.74) is 2.75. The van der Waals surface area contributed by atoms with Crippen LogP contribution in [0.4, 0.5) is 5.69 Å². The summed E-state index contributed by atoms with van der Waals surface area (Å²) in [6.45, 7) is 7.71. The summed E-state index contributed by atoms with van der Waals surface area (Å²) in [4.78, 5) is 23.2. The van der Waals surface area contributed by atoms with Crippen molar-refractivity contribution in [3.8, 4) is 0 Å². The number of anilines is 1. The van der Waals surface area contributed by atoms with Crippen LogP contribution in [0.25, 0.3) is 0 Å². The van der Waals surface area contributed by atoms with E-state index in [-0.39, 0.29) is 6.04 Å². The van der Waals surface area contributed by atoms with Crippen LogP contribution in [-0.2, 0) is 9.59 Å². The minimum atomic E-state index is -0.625. The first-order valence-corrected chi connectivity index (χ1v) is 6.12. The van der Waals surface area contributed by atoms with Gasteiger partial charge in [0.25, 0.3) is 0 Å². The molecule has 0 radical (unpaired) electrons. The molecule has 1 unspecified atom stereocenters. The summed E-state index contributed by atoms with van der Waals surface area (Å²) in [7, 11) is 0. The van der Waals surface area contributed by atoms with E-state index in [1.165, 1.54) is 0 Å². The summed E-state index contributed by atoms with van der Waals surface area (Å²) < 4.78 is 0. The second-order valence-corrected chi connectivity index (χ2v) is 4.61. The zero-order valence-corrected chi connectivity index (χ0v) is 11.3. The van der Waals surface area contributed by atoms with Crippen molar-refractivity contribution in [2.24, 2.45) is 0 Å². The second-order valence-electron chi connectivity index (χ2n) is 4.61. The summed E-state index contributed by atoms with van der Waals surface area (Å²) >= 11 is 0. The number of hydrogen-bond donors (Lipinski definition) is 2. The van der Waals surface area contributed by atoms with Crippen LogP contribution >= 0.6 is 0 Å². The number of hydrogen-bond acceptors (Lipinski definition) is 2. The Hall–Kier alpha value is -1.84. The van der Waals surface area contributed by atoms with E-state index in [2.05, 4.69) is 10.6 Å². The average molecular weight is 248 g/mol. The molecule has 1 aromatic rings. The quantitative estimate of drug-likeness (QED) is 0.805. The summed E-state index contributed by atoms with van der Waals surface area (Å²) in [5.74, 6) is -1.22. The van der Waals surface area contributed by atoms with Crippen LogP contribution in [0.15, 0.2) is 18.2 Å². The number of amides is 2. The molecule has 98 valence electrons. The Morgan fingerprint density at radius 1 is 1.11 bits per heavy atom. The second kappa shape index (κ2) is 6.19. The molecule has 4 heteroatoms. The summed E-state index contributed by atoms with van der Waals surface area (Å²) in [5, 5.41) is 5.23. The van der Waals surface area contributed by atoms with Gasteiger partial charge in [-0.05, 0) is 50.5 Å². The first-order chi connectivity index (χ1) is 8.42. The molecule has 0 aliphatic rings. The molecule has 0 saturated heterocycles. The lowest BCUT2D eigenvalue weighted by Crippen LogP contribution is -2.40. The van der Waals surface area contributed by atoms with Crippen LogP contribution in [-0.4, -0.2) is 17.9 Å². The van der Waals surface area contributed by atoms with Crippen molar-refractivity contribution in [1.29, 1.82) is 0 Å². The van der Waals surface area contributed by atoms with E-state index < -0.39 is 11.8 Å². The van der Waals surface area contributed by atoms with Crippen LogP contribution in [0.2, 0.25) is 0 Å². The normalized spacial score (nSPS) is 11.8. The molecule has 0 aliphatic carbocycles. The maximum atomic E-state index is 11.7. The van der Waals surface area contributed by atoms with Gasteiger partial charge < -0.3 is 10.6 Å². The fraction of sp³-hybridized carbons (Fsp3) is 0.429. The highest BCUT2D eigenvalue weighted by Crippen LogP contribution is 2.13. The van der Waals surface area contributed by atoms with E-state index in [0.717, 1.165) is 17.5 Å². The van der Waals surface area contributed by atoms with E-state index in [9.17, 15) is 9.59 Å². The van der Waals surface area contributed by atoms with Crippen LogP contribution in [0.1, 0.15) is 31.4 Å². The van der Waals surface area contributed by atoms with Gasteiger partial charge in [-0.2, -0.15) is 0 Å². The van der Waals surface area contributed by atoms with Gasteiger partial charge in [0.05, 0.1) is 0 Å². The Morgan fingerprint density at radius 2 is 1.67 bits per heavy atom. The molecule has 18 heavy (non-hydrogen) atoms. The highest BCUT2D eigenvalue weighted by Gasteiger charge is 2.15. The number of carbonyl (C=O) groups is 2. The van der Waals surface area contributed by atoms with Gasteiger partial charge in [0.1, 0.15) is 0 Å². The van der Waals surface area contributed by atoms with Crippen LogP contribution in [0, 0.1) is 13.8 Å². The lowest BCUT2D eigenvalue weighted by molar-refractivity contribution is -0.136. The summed E-state index contributed by atoms with van der Waals surface area (Å²) in [6.07, 6.45) is 0.794. The largest absolute Gasteiger partial charge is 0.345 e. The lowest BCUT2D eigenvalue weighted by atomic mass is 10.1. The third-order valence-electron chi connectivity index (χ3n) is 2.68. The fourth-order valence-electron chi connectivity index (χ4n) is 1.63. The number of nitrogens with one attached hydrogen (secondary N) is 2.